The minimum atomic E-state index is -4.72. The molecule has 0 radical (unpaired) electrons. The molecule has 3 heterocycles. The highest BCUT2D eigenvalue weighted by Gasteiger charge is 2.42. The second-order valence-corrected chi connectivity index (χ2v) is 10.9. The maximum Gasteiger partial charge on any atom is 0.416 e. The number of hydrogen-bond acceptors (Lipinski definition) is 6. The van der Waals surface area contributed by atoms with Gasteiger partial charge in [-0.15, -0.1) is 0 Å². The number of carbonyl (C=O) groups excluding carboxylic acids is 1. The van der Waals surface area contributed by atoms with Gasteiger partial charge in [0.05, 0.1) is 35.2 Å². The molecule has 35 heavy (non-hydrogen) atoms. The van der Waals surface area contributed by atoms with Crippen molar-refractivity contribution in [3.63, 3.8) is 0 Å². The van der Waals surface area contributed by atoms with Crippen molar-refractivity contribution in [2.75, 3.05) is 35.4 Å². The number of piperazine rings is 1. The largest absolute Gasteiger partial charge is 0.481 e. The number of carbonyl (C=O) groups is 2. The third kappa shape index (κ3) is 5.08. The van der Waals surface area contributed by atoms with Gasteiger partial charge in [-0.3, -0.25) is 13.9 Å². The first-order valence-corrected chi connectivity index (χ1v) is 12.7. The summed E-state index contributed by atoms with van der Waals surface area (Å²) in [6, 6.07) is 4.54. The Morgan fingerprint density at radius 1 is 1.14 bits per heavy atom. The number of nitrogens with zero attached hydrogens (tertiary/aromatic N) is 4. The average Bonchev–Trinajstić information content (AvgIpc) is 2.80. The summed E-state index contributed by atoms with van der Waals surface area (Å²) < 4.78 is 68.3. The van der Waals surface area contributed by atoms with E-state index >= 15 is 0 Å². The fraction of sp³-hybridized carbons (Fsp3) is 0.381. The van der Waals surface area contributed by atoms with Gasteiger partial charge in [0.1, 0.15) is 0 Å². The van der Waals surface area contributed by atoms with Crippen LogP contribution in [0.3, 0.4) is 0 Å². The van der Waals surface area contributed by atoms with Crippen molar-refractivity contribution in [2.24, 2.45) is 0 Å². The summed E-state index contributed by atoms with van der Waals surface area (Å²) in [5.41, 5.74) is -0.878. The fourth-order valence-electron chi connectivity index (χ4n) is 4.19. The van der Waals surface area contributed by atoms with Crippen LogP contribution in [0.2, 0.25) is 0 Å². The quantitative estimate of drug-likeness (QED) is 0.582. The highest BCUT2D eigenvalue weighted by atomic mass is 79.9. The van der Waals surface area contributed by atoms with Gasteiger partial charge in [0.25, 0.3) is 10.0 Å². The van der Waals surface area contributed by atoms with Crippen LogP contribution >= 0.6 is 15.9 Å². The molecule has 0 bridgehead atoms. The highest BCUT2D eigenvalue weighted by Crippen LogP contribution is 2.40. The number of amides is 1. The van der Waals surface area contributed by atoms with E-state index in [4.69, 9.17) is 5.11 Å². The summed E-state index contributed by atoms with van der Waals surface area (Å²) in [4.78, 5) is 30.5. The molecular weight excluding hydrogens is 557 g/mol. The number of fused-ring (bicyclic) bond motifs is 3. The summed E-state index contributed by atoms with van der Waals surface area (Å²) in [5.74, 6) is -1.14. The zero-order valence-corrected chi connectivity index (χ0v) is 20.5. The Morgan fingerprint density at radius 2 is 1.89 bits per heavy atom. The molecule has 1 amide bonds. The second kappa shape index (κ2) is 9.30. The SMILES string of the molecule is O=C(O)CCC(=O)N1CCN2c3ncc(Br)cc3N(S(=O)(=O)c3cccc(C(F)(F)F)c3)C[C@@H]2C1. The van der Waals surface area contributed by atoms with Crippen molar-refractivity contribution < 1.29 is 36.3 Å². The van der Waals surface area contributed by atoms with Crippen LogP contribution in [0.15, 0.2) is 45.9 Å². The van der Waals surface area contributed by atoms with E-state index < -0.39 is 38.7 Å². The van der Waals surface area contributed by atoms with Gasteiger partial charge >= 0.3 is 12.1 Å². The summed E-state index contributed by atoms with van der Waals surface area (Å²) in [5, 5.41) is 8.85. The first kappa shape index (κ1) is 25.2. The third-order valence-corrected chi connectivity index (χ3v) is 8.08. The second-order valence-electron chi connectivity index (χ2n) is 8.14. The first-order valence-electron chi connectivity index (χ1n) is 10.5. The lowest BCUT2D eigenvalue weighted by Crippen LogP contribution is -2.61. The smallest absolute Gasteiger partial charge is 0.416 e. The molecule has 1 aromatic carbocycles. The molecule has 2 aromatic rings. The van der Waals surface area contributed by atoms with Crippen molar-refractivity contribution in [2.45, 2.75) is 30.0 Å². The monoisotopic (exact) mass is 576 g/mol. The van der Waals surface area contributed by atoms with Crippen LogP contribution < -0.4 is 9.21 Å². The minimum absolute atomic E-state index is 0.115. The molecule has 0 saturated carbocycles. The molecule has 1 saturated heterocycles. The Hall–Kier alpha value is -2.87. The Balaban J connectivity index is 1.70. The molecule has 1 fully saturated rings. The topological polar surface area (TPSA) is 111 Å². The van der Waals surface area contributed by atoms with Gasteiger partial charge in [-0.1, -0.05) is 6.07 Å². The normalized spacial score (nSPS) is 18.2. The number of sulfonamides is 1. The van der Waals surface area contributed by atoms with E-state index in [1.165, 1.54) is 17.2 Å². The van der Waals surface area contributed by atoms with Crippen molar-refractivity contribution in [3.05, 3.63) is 46.6 Å². The van der Waals surface area contributed by atoms with E-state index in [9.17, 15) is 31.2 Å². The van der Waals surface area contributed by atoms with Crippen molar-refractivity contribution in [1.29, 1.82) is 0 Å². The lowest BCUT2D eigenvalue weighted by atomic mass is 10.1. The lowest BCUT2D eigenvalue weighted by molar-refractivity contribution is -0.141. The number of rotatable bonds is 5. The average molecular weight is 577 g/mol. The molecule has 14 heteroatoms. The number of aromatic nitrogens is 1. The summed E-state index contributed by atoms with van der Waals surface area (Å²) >= 11 is 3.27. The van der Waals surface area contributed by atoms with Crippen molar-refractivity contribution in [3.8, 4) is 0 Å². The number of carboxylic acid groups (broad SMARTS) is 1. The molecule has 4 rings (SSSR count). The molecule has 2 aliphatic rings. The van der Waals surface area contributed by atoms with Gasteiger partial charge in [0.2, 0.25) is 5.91 Å². The van der Waals surface area contributed by atoms with Gasteiger partial charge in [-0.25, -0.2) is 13.4 Å². The first-order chi connectivity index (χ1) is 16.4. The van der Waals surface area contributed by atoms with Crippen LogP contribution in [0.5, 0.6) is 0 Å². The van der Waals surface area contributed by atoms with Crippen molar-refractivity contribution >= 4 is 49.3 Å². The van der Waals surface area contributed by atoms with Crippen LogP contribution in [0.1, 0.15) is 18.4 Å². The van der Waals surface area contributed by atoms with E-state index in [2.05, 4.69) is 20.9 Å². The molecule has 188 valence electrons. The number of pyridine rings is 1. The number of anilines is 2. The number of hydrogen-bond donors (Lipinski definition) is 1. The Labute approximate surface area is 207 Å². The molecule has 0 aliphatic carbocycles. The van der Waals surface area contributed by atoms with Gasteiger partial charge < -0.3 is 14.9 Å². The molecular formula is C21H20BrF3N4O5S. The number of carboxylic acids is 1. The zero-order valence-electron chi connectivity index (χ0n) is 18.1. The van der Waals surface area contributed by atoms with Crippen LogP contribution in [0.4, 0.5) is 24.7 Å². The van der Waals surface area contributed by atoms with E-state index in [0.717, 1.165) is 22.5 Å². The standard InChI is InChI=1S/C21H20BrF3N4O5S/c22-14-9-17-20(26-10-14)28-7-6-27(18(30)4-5-19(31)32)11-15(28)12-29(17)35(33,34)16-3-1-2-13(8-16)21(23,24)25/h1-3,8-10,15H,4-7,11-12H2,(H,31,32)/t15-/m0/s1. The molecule has 0 unspecified atom stereocenters. The number of aliphatic carboxylic acids is 1. The molecule has 1 atom stereocenters. The maximum absolute atomic E-state index is 13.6. The highest BCUT2D eigenvalue weighted by molar-refractivity contribution is 9.10. The summed E-state index contributed by atoms with van der Waals surface area (Å²) in [6.45, 7) is 0.617. The molecule has 0 spiro atoms. The van der Waals surface area contributed by atoms with E-state index in [0.29, 0.717) is 29.4 Å². The summed E-state index contributed by atoms with van der Waals surface area (Å²) in [6.07, 6.45) is -3.73. The van der Waals surface area contributed by atoms with Gasteiger partial charge in [0, 0.05) is 36.7 Å². The number of benzene rings is 1. The van der Waals surface area contributed by atoms with Crippen LogP contribution in [-0.4, -0.2) is 67.5 Å². The van der Waals surface area contributed by atoms with Crippen LogP contribution in [-0.2, 0) is 25.8 Å². The summed E-state index contributed by atoms with van der Waals surface area (Å²) in [7, 11) is -4.42. The number of alkyl halides is 3. The molecule has 9 nitrogen and oxygen atoms in total. The fourth-order valence-corrected chi connectivity index (χ4v) is 6.05. The predicted octanol–water partition coefficient (Wildman–Crippen LogP) is 2.95. The van der Waals surface area contributed by atoms with Gasteiger partial charge in [-0.2, -0.15) is 13.2 Å². The van der Waals surface area contributed by atoms with E-state index in [-0.39, 0.29) is 37.5 Å². The lowest BCUT2D eigenvalue weighted by Gasteiger charge is -2.48. The maximum atomic E-state index is 13.6. The van der Waals surface area contributed by atoms with Crippen molar-refractivity contribution in [1.82, 2.24) is 9.88 Å². The van der Waals surface area contributed by atoms with Gasteiger partial charge in [-0.05, 0) is 40.2 Å². The van der Waals surface area contributed by atoms with E-state index in [1.807, 2.05) is 4.90 Å². The Kier molecular flexibility index (Phi) is 6.70. The molecule has 2 aliphatic heterocycles. The molecule has 1 aromatic heterocycles. The minimum Gasteiger partial charge on any atom is -0.481 e. The van der Waals surface area contributed by atoms with Gasteiger partial charge in [0.15, 0.2) is 5.82 Å². The van der Waals surface area contributed by atoms with E-state index in [1.54, 1.807) is 0 Å². The van der Waals surface area contributed by atoms with Crippen LogP contribution in [0, 0.1) is 0 Å². The Bertz CT molecular complexity index is 1270. The molecule has 1 N–H and O–H groups in total. The Morgan fingerprint density at radius 3 is 2.57 bits per heavy atom. The third-order valence-electron chi connectivity index (χ3n) is 5.87. The predicted molar refractivity (Wildman–Crippen MR) is 122 cm³/mol. The van der Waals surface area contributed by atoms with Crippen LogP contribution in [0.25, 0.3) is 0 Å². The zero-order chi connectivity index (χ0) is 25.5. The number of halogens is 4.